The molecule has 2 aliphatic rings. The Labute approximate surface area is 110 Å². The molecule has 1 aromatic carbocycles. The summed E-state index contributed by atoms with van der Waals surface area (Å²) in [5, 5.41) is 0. The van der Waals surface area contributed by atoms with Gasteiger partial charge in [-0.2, -0.15) is 0 Å². The third-order valence-electron chi connectivity index (χ3n) is 4.65. The maximum absolute atomic E-state index is 6.15. The second-order valence-corrected chi connectivity index (χ2v) is 6.12. The van der Waals surface area contributed by atoms with Crippen LogP contribution in [0.25, 0.3) is 0 Å². The Kier molecular flexibility index (Phi) is 2.86. The van der Waals surface area contributed by atoms with E-state index in [9.17, 15) is 0 Å². The van der Waals surface area contributed by atoms with Crippen LogP contribution in [0.4, 0.5) is 0 Å². The van der Waals surface area contributed by atoms with Gasteiger partial charge in [0.2, 0.25) is 0 Å². The molecule has 0 amide bonds. The molecule has 2 heteroatoms. The van der Waals surface area contributed by atoms with Crippen LogP contribution in [0.3, 0.4) is 0 Å². The van der Waals surface area contributed by atoms with Crippen molar-refractivity contribution in [2.24, 2.45) is 11.7 Å². The first-order chi connectivity index (χ1) is 8.66. The van der Waals surface area contributed by atoms with Gasteiger partial charge in [-0.15, -0.1) is 0 Å². The summed E-state index contributed by atoms with van der Waals surface area (Å²) in [5.74, 6) is 1.93. The first-order valence-electron chi connectivity index (χ1n) is 7.10. The third-order valence-corrected chi connectivity index (χ3v) is 4.65. The molecular formula is C16H23NO. The van der Waals surface area contributed by atoms with Crippen molar-refractivity contribution in [2.75, 3.05) is 13.2 Å². The van der Waals surface area contributed by atoms with Crippen LogP contribution in [0.2, 0.25) is 0 Å². The van der Waals surface area contributed by atoms with Crippen LogP contribution in [0.1, 0.15) is 42.4 Å². The van der Waals surface area contributed by atoms with Crippen molar-refractivity contribution in [3.63, 3.8) is 0 Å². The highest BCUT2D eigenvalue weighted by molar-refractivity contribution is 5.51. The van der Waals surface area contributed by atoms with Crippen molar-refractivity contribution < 1.29 is 4.74 Å². The molecule has 0 radical (unpaired) electrons. The van der Waals surface area contributed by atoms with Crippen LogP contribution < -0.4 is 10.5 Å². The lowest BCUT2D eigenvalue weighted by atomic mass is 9.91. The normalized spacial score (nSPS) is 20.8. The first kappa shape index (κ1) is 12.0. The summed E-state index contributed by atoms with van der Waals surface area (Å²) in [5.41, 5.74) is 10.2. The van der Waals surface area contributed by atoms with E-state index in [1.807, 2.05) is 0 Å². The Bertz CT molecular complexity index is 458. The predicted octanol–water partition coefficient (Wildman–Crippen LogP) is 3.08. The molecular weight excluding hydrogens is 222 g/mol. The fourth-order valence-electron chi connectivity index (χ4n) is 2.61. The first-order valence-corrected chi connectivity index (χ1v) is 7.10. The summed E-state index contributed by atoms with van der Waals surface area (Å²) in [7, 11) is 0. The van der Waals surface area contributed by atoms with E-state index in [0.29, 0.717) is 0 Å². The molecule has 3 rings (SSSR count). The molecule has 2 saturated carbocycles. The van der Waals surface area contributed by atoms with Gasteiger partial charge in [-0.05, 0) is 56.6 Å². The third kappa shape index (κ3) is 2.03. The molecule has 98 valence electrons. The van der Waals surface area contributed by atoms with E-state index in [2.05, 4.69) is 26.0 Å². The summed E-state index contributed by atoms with van der Waals surface area (Å²) < 4.78 is 6.15. The van der Waals surface area contributed by atoms with Crippen LogP contribution in [0.5, 0.6) is 5.75 Å². The molecule has 0 atom stereocenters. The Morgan fingerprint density at radius 2 is 2.00 bits per heavy atom. The lowest BCUT2D eigenvalue weighted by Gasteiger charge is -2.21. The van der Waals surface area contributed by atoms with Crippen LogP contribution in [0, 0.1) is 19.8 Å². The minimum Gasteiger partial charge on any atom is -0.493 e. The summed E-state index contributed by atoms with van der Waals surface area (Å²) in [4.78, 5) is 0. The van der Waals surface area contributed by atoms with Crippen LogP contribution in [0.15, 0.2) is 12.1 Å². The minimum atomic E-state index is 0.220. The fraction of sp³-hybridized carbons (Fsp3) is 0.625. The van der Waals surface area contributed by atoms with Crippen molar-refractivity contribution in [3.8, 4) is 5.75 Å². The van der Waals surface area contributed by atoms with Crippen LogP contribution in [-0.2, 0) is 5.41 Å². The molecule has 0 aromatic heterocycles. The Hall–Kier alpha value is -1.02. The number of hydrogen-bond acceptors (Lipinski definition) is 2. The quantitative estimate of drug-likeness (QED) is 0.865. The summed E-state index contributed by atoms with van der Waals surface area (Å²) >= 11 is 0. The highest BCUT2D eigenvalue weighted by Crippen LogP contribution is 2.51. The van der Waals surface area contributed by atoms with Gasteiger partial charge in [-0.1, -0.05) is 12.1 Å². The lowest BCUT2D eigenvalue weighted by Crippen LogP contribution is -2.21. The van der Waals surface area contributed by atoms with Gasteiger partial charge >= 0.3 is 0 Å². The van der Waals surface area contributed by atoms with Crippen molar-refractivity contribution in [1.29, 1.82) is 0 Å². The van der Waals surface area contributed by atoms with Crippen molar-refractivity contribution in [1.82, 2.24) is 0 Å². The largest absolute Gasteiger partial charge is 0.493 e. The Morgan fingerprint density at radius 3 is 2.56 bits per heavy atom. The van der Waals surface area contributed by atoms with Gasteiger partial charge in [0, 0.05) is 17.5 Å². The molecule has 2 aliphatic carbocycles. The second-order valence-electron chi connectivity index (χ2n) is 6.12. The van der Waals surface area contributed by atoms with Crippen LogP contribution >= 0.6 is 0 Å². The molecule has 0 aliphatic heterocycles. The zero-order chi connectivity index (χ0) is 12.8. The standard InChI is InChI=1S/C16H23NO/c1-11-3-6-14(16(10-17)7-8-16)15(12(11)2)18-9-13-4-5-13/h3,6,13H,4-5,7-10,17H2,1-2H3. The molecule has 0 unspecified atom stereocenters. The molecule has 2 N–H and O–H groups in total. The molecule has 0 saturated heterocycles. The molecule has 2 nitrogen and oxygen atoms in total. The minimum absolute atomic E-state index is 0.220. The highest BCUT2D eigenvalue weighted by Gasteiger charge is 2.45. The molecule has 0 spiro atoms. The van der Waals surface area contributed by atoms with Crippen LogP contribution in [-0.4, -0.2) is 13.2 Å². The molecule has 2 fully saturated rings. The van der Waals surface area contributed by atoms with Crippen molar-refractivity contribution in [2.45, 2.75) is 44.9 Å². The average molecular weight is 245 g/mol. The summed E-state index contributed by atoms with van der Waals surface area (Å²) in [6, 6.07) is 4.45. The predicted molar refractivity (Wildman–Crippen MR) is 74.1 cm³/mol. The monoisotopic (exact) mass is 245 g/mol. The van der Waals surface area contributed by atoms with Gasteiger partial charge in [0.15, 0.2) is 0 Å². The van der Waals surface area contributed by atoms with Gasteiger partial charge in [0.25, 0.3) is 0 Å². The maximum Gasteiger partial charge on any atom is 0.126 e. The van der Waals surface area contributed by atoms with Crippen molar-refractivity contribution in [3.05, 3.63) is 28.8 Å². The summed E-state index contributed by atoms with van der Waals surface area (Å²) in [6.07, 6.45) is 5.10. The molecule has 0 bridgehead atoms. The molecule has 18 heavy (non-hydrogen) atoms. The highest BCUT2D eigenvalue weighted by atomic mass is 16.5. The zero-order valence-electron chi connectivity index (χ0n) is 11.5. The topological polar surface area (TPSA) is 35.2 Å². The van der Waals surface area contributed by atoms with E-state index in [1.165, 1.54) is 42.4 Å². The van der Waals surface area contributed by atoms with E-state index in [0.717, 1.165) is 24.8 Å². The molecule has 1 aromatic rings. The van der Waals surface area contributed by atoms with Gasteiger partial charge in [-0.3, -0.25) is 0 Å². The maximum atomic E-state index is 6.15. The van der Waals surface area contributed by atoms with Gasteiger partial charge in [-0.25, -0.2) is 0 Å². The fourth-order valence-corrected chi connectivity index (χ4v) is 2.61. The van der Waals surface area contributed by atoms with Gasteiger partial charge < -0.3 is 10.5 Å². The van der Waals surface area contributed by atoms with E-state index < -0.39 is 0 Å². The number of nitrogens with two attached hydrogens (primary N) is 1. The smallest absolute Gasteiger partial charge is 0.126 e. The SMILES string of the molecule is Cc1ccc(C2(CN)CC2)c(OCC2CC2)c1C. The number of hydrogen-bond donors (Lipinski definition) is 1. The molecule has 0 heterocycles. The Balaban J connectivity index is 1.93. The summed E-state index contributed by atoms with van der Waals surface area (Å²) in [6.45, 7) is 5.96. The van der Waals surface area contributed by atoms with Gasteiger partial charge in [0.1, 0.15) is 5.75 Å². The lowest BCUT2D eigenvalue weighted by molar-refractivity contribution is 0.292. The zero-order valence-corrected chi connectivity index (χ0v) is 11.5. The van der Waals surface area contributed by atoms with E-state index in [-0.39, 0.29) is 5.41 Å². The van der Waals surface area contributed by atoms with E-state index in [4.69, 9.17) is 10.5 Å². The number of aryl methyl sites for hydroxylation is 1. The number of rotatable bonds is 5. The van der Waals surface area contributed by atoms with E-state index >= 15 is 0 Å². The second kappa shape index (κ2) is 4.27. The van der Waals surface area contributed by atoms with E-state index in [1.54, 1.807) is 0 Å². The number of ether oxygens (including phenoxy) is 1. The number of benzene rings is 1. The van der Waals surface area contributed by atoms with Gasteiger partial charge in [0.05, 0.1) is 6.61 Å². The Morgan fingerprint density at radius 1 is 1.28 bits per heavy atom. The average Bonchev–Trinajstić information content (AvgIpc) is 3.26. The van der Waals surface area contributed by atoms with Crippen molar-refractivity contribution >= 4 is 0 Å².